The predicted molar refractivity (Wildman–Crippen MR) is 93.3 cm³/mol. The van der Waals surface area contributed by atoms with Gasteiger partial charge in [0.2, 0.25) is 5.91 Å². The third-order valence-electron chi connectivity index (χ3n) is 3.22. The normalized spacial score (nSPS) is 11.3. The van der Waals surface area contributed by atoms with Gasteiger partial charge < -0.3 is 5.32 Å². The summed E-state index contributed by atoms with van der Waals surface area (Å²) >= 11 is 7.33. The molecule has 2 rings (SSSR count). The molecule has 0 heterocycles. The highest BCUT2D eigenvalue weighted by Crippen LogP contribution is 2.32. The number of carbonyl (C=O) groups excluding carboxylic acids is 1. The van der Waals surface area contributed by atoms with Crippen LogP contribution in [0.15, 0.2) is 52.3 Å². The van der Waals surface area contributed by atoms with Gasteiger partial charge in [0, 0.05) is 32.3 Å². The van der Waals surface area contributed by atoms with Gasteiger partial charge in [0.25, 0.3) is 0 Å². The fourth-order valence-corrected chi connectivity index (χ4v) is 2.96. The Morgan fingerprint density at radius 3 is 2.43 bits per heavy atom. The summed E-state index contributed by atoms with van der Waals surface area (Å²) in [5, 5.41) is 3.46. The molecule has 0 saturated heterocycles. The van der Waals surface area contributed by atoms with Gasteiger partial charge in [-0.05, 0) is 36.4 Å². The van der Waals surface area contributed by atoms with Crippen LogP contribution < -0.4 is 5.32 Å². The average Bonchev–Trinajstić information content (AvgIpc) is 2.47. The Morgan fingerprint density at radius 2 is 1.83 bits per heavy atom. The lowest BCUT2D eigenvalue weighted by Gasteiger charge is -2.18. The summed E-state index contributed by atoms with van der Waals surface area (Å²) in [5.41, 5.74) is -0.0144. The van der Waals surface area contributed by atoms with Crippen molar-refractivity contribution < 1.29 is 9.18 Å². The van der Waals surface area contributed by atoms with E-state index in [0.717, 1.165) is 9.79 Å². The molecule has 0 spiro atoms. The van der Waals surface area contributed by atoms with Crippen LogP contribution in [0.5, 0.6) is 0 Å². The fraction of sp³-hybridized carbons (Fsp3) is 0.278. The molecule has 122 valence electrons. The van der Waals surface area contributed by atoms with Gasteiger partial charge in [0.15, 0.2) is 0 Å². The number of carbonyl (C=O) groups is 1. The van der Waals surface area contributed by atoms with Gasteiger partial charge in [-0.25, -0.2) is 4.39 Å². The summed E-state index contributed by atoms with van der Waals surface area (Å²) < 4.78 is 14.2. The molecule has 0 bridgehead atoms. The molecular formula is C18H19ClFNOS. The SMILES string of the molecule is CC(C)(C)C(=O)NCc1c(F)cccc1Sc1ccc(Cl)cc1. The van der Waals surface area contributed by atoms with E-state index in [1.807, 2.05) is 39.0 Å². The average molecular weight is 352 g/mol. The molecule has 0 fully saturated rings. The van der Waals surface area contributed by atoms with Gasteiger partial charge in [-0.2, -0.15) is 0 Å². The van der Waals surface area contributed by atoms with Gasteiger partial charge in [-0.1, -0.05) is 50.2 Å². The van der Waals surface area contributed by atoms with Crippen LogP contribution in [0.1, 0.15) is 26.3 Å². The van der Waals surface area contributed by atoms with Crippen molar-refractivity contribution in [3.05, 3.63) is 58.9 Å². The smallest absolute Gasteiger partial charge is 0.225 e. The maximum absolute atomic E-state index is 14.2. The lowest BCUT2D eigenvalue weighted by Crippen LogP contribution is -2.34. The Balaban J connectivity index is 2.19. The molecule has 23 heavy (non-hydrogen) atoms. The summed E-state index contributed by atoms with van der Waals surface area (Å²) in [7, 11) is 0. The number of nitrogens with one attached hydrogen (secondary N) is 1. The second-order valence-electron chi connectivity index (χ2n) is 6.21. The Bertz CT molecular complexity index is 695. The van der Waals surface area contributed by atoms with Crippen LogP contribution >= 0.6 is 23.4 Å². The second-order valence-corrected chi connectivity index (χ2v) is 7.76. The number of amides is 1. The molecule has 1 amide bonds. The fourth-order valence-electron chi connectivity index (χ4n) is 1.87. The molecule has 0 aliphatic heterocycles. The van der Waals surface area contributed by atoms with E-state index in [-0.39, 0.29) is 18.3 Å². The first-order valence-corrected chi connectivity index (χ1v) is 8.46. The van der Waals surface area contributed by atoms with E-state index in [9.17, 15) is 9.18 Å². The van der Waals surface area contributed by atoms with Crippen LogP contribution in [-0.2, 0) is 11.3 Å². The highest BCUT2D eigenvalue weighted by atomic mass is 35.5. The van der Waals surface area contributed by atoms with E-state index in [1.54, 1.807) is 18.2 Å². The van der Waals surface area contributed by atoms with Gasteiger partial charge in [-0.3, -0.25) is 4.79 Å². The van der Waals surface area contributed by atoms with Gasteiger partial charge in [-0.15, -0.1) is 0 Å². The predicted octanol–water partition coefficient (Wildman–Crippen LogP) is 5.29. The molecule has 2 aromatic rings. The minimum atomic E-state index is -0.505. The molecule has 1 N–H and O–H groups in total. The number of hydrogen-bond donors (Lipinski definition) is 1. The van der Waals surface area contributed by atoms with Crippen LogP contribution in [0.2, 0.25) is 5.02 Å². The van der Waals surface area contributed by atoms with E-state index in [2.05, 4.69) is 5.32 Å². The lowest BCUT2D eigenvalue weighted by atomic mass is 9.95. The van der Waals surface area contributed by atoms with Crippen molar-refractivity contribution >= 4 is 29.3 Å². The minimum absolute atomic E-state index is 0.108. The summed E-state index contributed by atoms with van der Waals surface area (Å²) in [5.74, 6) is -0.429. The number of hydrogen-bond acceptors (Lipinski definition) is 2. The summed E-state index contributed by atoms with van der Waals surface area (Å²) in [4.78, 5) is 13.7. The third kappa shape index (κ3) is 4.98. The molecular weight excluding hydrogens is 333 g/mol. The van der Waals surface area contributed by atoms with Crippen LogP contribution in [0.4, 0.5) is 4.39 Å². The van der Waals surface area contributed by atoms with E-state index in [4.69, 9.17) is 11.6 Å². The Morgan fingerprint density at radius 1 is 1.17 bits per heavy atom. The maximum Gasteiger partial charge on any atom is 0.225 e. The molecule has 0 radical (unpaired) electrons. The van der Waals surface area contributed by atoms with Crippen molar-refractivity contribution in [2.45, 2.75) is 37.1 Å². The molecule has 0 aliphatic carbocycles. The highest BCUT2D eigenvalue weighted by Gasteiger charge is 2.21. The highest BCUT2D eigenvalue weighted by molar-refractivity contribution is 7.99. The van der Waals surface area contributed by atoms with Gasteiger partial charge >= 0.3 is 0 Å². The number of rotatable bonds is 4. The van der Waals surface area contributed by atoms with E-state index < -0.39 is 5.41 Å². The van der Waals surface area contributed by atoms with Crippen LogP contribution in [0, 0.1) is 11.2 Å². The third-order valence-corrected chi connectivity index (χ3v) is 4.59. The van der Waals surface area contributed by atoms with Crippen LogP contribution in [0.3, 0.4) is 0 Å². The van der Waals surface area contributed by atoms with E-state index >= 15 is 0 Å². The Labute approximate surface area is 145 Å². The molecule has 0 unspecified atom stereocenters. The van der Waals surface area contributed by atoms with E-state index in [1.165, 1.54) is 17.8 Å². The minimum Gasteiger partial charge on any atom is -0.351 e. The first-order chi connectivity index (χ1) is 10.8. The van der Waals surface area contributed by atoms with Crippen molar-refractivity contribution in [1.82, 2.24) is 5.32 Å². The summed E-state index contributed by atoms with van der Waals surface area (Å²) in [6.45, 7) is 5.64. The molecule has 0 aliphatic rings. The molecule has 2 nitrogen and oxygen atoms in total. The molecule has 0 aromatic heterocycles. The molecule has 0 saturated carbocycles. The molecule has 0 atom stereocenters. The summed E-state index contributed by atoms with van der Waals surface area (Å²) in [6, 6.07) is 12.3. The second kappa shape index (κ2) is 7.37. The van der Waals surface area contributed by atoms with Crippen molar-refractivity contribution in [1.29, 1.82) is 0 Å². The lowest BCUT2D eigenvalue weighted by molar-refractivity contribution is -0.128. The standard InChI is InChI=1S/C18H19ClFNOS/c1-18(2,3)17(22)21-11-14-15(20)5-4-6-16(14)23-13-9-7-12(19)8-10-13/h4-10H,11H2,1-3H3,(H,21,22). The topological polar surface area (TPSA) is 29.1 Å². The Hall–Kier alpha value is -1.52. The number of halogens is 2. The van der Waals surface area contributed by atoms with Crippen LogP contribution in [-0.4, -0.2) is 5.91 Å². The van der Waals surface area contributed by atoms with Gasteiger partial charge in [0.1, 0.15) is 5.82 Å². The Kier molecular flexibility index (Phi) is 5.71. The van der Waals surface area contributed by atoms with Crippen LogP contribution in [0.25, 0.3) is 0 Å². The maximum atomic E-state index is 14.2. The van der Waals surface area contributed by atoms with Crippen molar-refractivity contribution in [3.8, 4) is 0 Å². The zero-order chi connectivity index (χ0) is 17.0. The molecule has 5 heteroatoms. The summed E-state index contributed by atoms with van der Waals surface area (Å²) in [6.07, 6.45) is 0. The number of benzene rings is 2. The quantitative estimate of drug-likeness (QED) is 0.810. The van der Waals surface area contributed by atoms with Crippen molar-refractivity contribution in [2.24, 2.45) is 5.41 Å². The zero-order valence-corrected chi connectivity index (χ0v) is 14.9. The molecule has 2 aromatic carbocycles. The van der Waals surface area contributed by atoms with Crippen molar-refractivity contribution in [2.75, 3.05) is 0 Å². The van der Waals surface area contributed by atoms with E-state index in [0.29, 0.717) is 10.6 Å². The largest absolute Gasteiger partial charge is 0.351 e. The monoisotopic (exact) mass is 351 g/mol. The van der Waals surface area contributed by atoms with Crippen molar-refractivity contribution in [3.63, 3.8) is 0 Å². The van der Waals surface area contributed by atoms with Gasteiger partial charge in [0.05, 0.1) is 0 Å². The first-order valence-electron chi connectivity index (χ1n) is 7.26. The first kappa shape index (κ1) is 17.8. The zero-order valence-electron chi connectivity index (χ0n) is 13.3.